The Morgan fingerprint density at radius 3 is 1.23 bits per heavy atom. The molecule has 0 rings (SSSR count). The lowest BCUT2D eigenvalue weighted by atomic mass is 9.91. The summed E-state index contributed by atoms with van der Waals surface area (Å²) >= 11 is 0. The van der Waals surface area contributed by atoms with E-state index < -0.39 is 19.3 Å². The summed E-state index contributed by atoms with van der Waals surface area (Å²) in [5, 5.41) is 0. The lowest BCUT2D eigenvalue weighted by molar-refractivity contribution is -0.113. The van der Waals surface area contributed by atoms with Gasteiger partial charge >= 0.3 is 7.82 Å². The largest absolute Gasteiger partial charge is 0.472 e. The van der Waals surface area contributed by atoms with Crippen molar-refractivity contribution in [3.05, 3.63) is 0 Å². The van der Waals surface area contributed by atoms with Gasteiger partial charge in [0.2, 0.25) is 0 Å². The van der Waals surface area contributed by atoms with Crippen LogP contribution in [0.5, 0.6) is 0 Å². The molecule has 0 aromatic heterocycles. The van der Waals surface area contributed by atoms with Crippen LogP contribution in [0.3, 0.4) is 0 Å². The maximum atomic E-state index is 12.4. The van der Waals surface area contributed by atoms with Crippen LogP contribution in [-0.4, -0.2) is 57.2 Å². The molecular formula is C23H49O7P. The third-order valence-corrected chi connectivity index (χ3v) is 4.85. The molecule has 0 aliphatic carbocycles. The second-order valence-electron chi connectivity index (χ2n) is 12.6. The number of phosphoric acid groups is 1. The summed E-state index contributed by atoms with van der Waals surface area (Å²) in [4.78, 5) is 10.1. The fourth-order valence-corrected chi connectivity index (χ4v) is 3.52. The first-order chi connectivity index (χ1) is 13.7. The first kappa shape index (κ1) is 31.0. The highest BCUT2D eigenvalue weighted by molar-refractivity contribution is 7.47. The molecule has 0 aliphatic rings. The molecule has 1 N–H and O–H groups in total. The zero-order valence-electron chi connectivity index (χ0n) is 21.9. The molecule has 0 saturated carbocycles. The highest BCUT2D eigenvalue weighted by Gasteiger charge is 2.37. The zero-order valence-corrected chi connectivity index (χ0v) is 22.8. The van der Waals surface area contributed by atoms with Gasteiger partial charge in [0.15, 0.2) is 0 Å². The van der Waals surface area contributed by atoms with Gasteiger partial charge in [0.05, 0.1) is 57.8 Å². The molecule has 0 bridgehead atoms. The zero-order chi connectivity index (χ0) is 24.6. The van der Waals surface area contributed by atoms with Crippen LogP contribution in [0.2, 0.25) is 0 Å². The van der Waals surface area contributed by atoms with Crippen molar-refractivity contribution in [3.63, 3.8) is 0 Å². The van der Waals surface area contributed by atoms with Gasteiger partial charge in [-0.05, 0) is 30.1 Å². The maximum Gasteiger partial charge on any atom is 0.472 e. The van der Waals surface area contributed by atoms with Gasteiger partial charge in [-0.25, -0.2) is 4.57 Å². The number of rotatable bonds is 14. The molecule has 0 heterocycles. The van der Waals surface area contributed by atoms with Crippen LogP contribution < -0.4 is 0 Å². The molecule has 0 fully saturated rings. The van der Waals surface area contributed by atoms with Crippen LogP contribution in [0, 0.1) is 21.7 Å². The van der Waals surface area contributed by atoms with Gasteiger partial charge in [-0.15, -0.1) is 0 Å². The highest BCUT2D eigenvalue weighted by atomic mass is 31.2. The van der Waals surface area contributed by atoms with Crippen molar-refractivity contribution in [1.82, 2.24) is 0 Å². The second-order valence-corrected chi connectivity index (χ2v) is 14.0. The van der Waals surface area contributed by atoms with E-state index in [-0.39, 0.29) is 42.7 Å². The van der Waals surface area contributed by atoms with Crippen LogP contribution in [0.4, 0.5) is 0 Å². The summed E-state index contributed by atoms with van der Waals surface area (Å²) in [5.41, 5.74) is -0.797. The first-order valence-electron chi connectivity index (χ1n) is 11.1. The smallest absolute Gasteiger partial charge is 0.380 e. The Labute approximate surface area is 191 Å². The van der Waals surface area contributed by atoms with Gasteiger partial charge in [-0.2, -0.15) is 0 Å². The molecule has 31 heavy (non-hydrogen) atoms. The normalized spacial score (nSPS) is 16.0. The van der Waals surface area contributed by atoms with Gasteiger partial charge in [0.1, 0.15) is 0 Å². The predicted molar refractivity (Wildman–Crippen MR) is 125 cm³/mol. The summed E-state index contributed by atoms with van der Waals surface area (Å²) in [7, 11) is -4.21. The number of hydrogen-bond donors (Lipinski definition) is 1. The second kappa shape index (κ2) is 12.5. The lowest BCUT2D eigenvalue weighted by Gasteiger charge is -2.36. The molecular weight excluding hydrogens is 419 g/mol. The van der Waals surface area contributed by atoms with E-state index in [1.807, 2.05) is 0 Å². The Bertz CT molecular complexity index is 491. The topological polar surface area (TPSA) is 83.5 Å². The molecule has 0 radical (unpaired) electrons. The summed E-state index contributed by atoms with van der Waals surface area (Å²) in [6.07, 6.45) is -0.434. The molecule has 7 nitrogen and oxygen atoms in total. The van der Waals surface area contributed by atoms with E-state index in [9.17, 15) is 9.46 Å². The third kappa shape index (κ3) is 18.1. The summed E-state index contributed by atoms with van der Waals surface area (Å²) in [6.45, 7) is 24.6. The maximum absolute atomic E-state index is 12.4. The standard InChI is InChI=1S/C23H49O7P/c1-19(2)30-31(24,25)29-18-23(15-26-12-20(3,4)5,16-27-13-21(6,7)8)17-28-14-22(9,10)11/h19H,12-18H2,1-11H3,(H,24,25). The van der Waals surface area contributed by atoms with E-state index in [1.165, 1.54) is 0 Å². The number of ether oxygens (including phenoxy) is 3. The van der Waals surface area contributed by atoms with E-state index >= 15 is 0 Å². The van der Waals surface area contributed by atoms with E-state index in [2.05, 4.69) is 62.3 Å². The van der Waals surface area contributed by atoms with E-state index in [0.717, 1.165) is 0 Å². The molecule has 188 valence electrons. The van der Waals surface area contributed by atoms with Gasteiger partial charge in [0.25, 0.3) is 0 Å². The molecule has 0 amide bonds. The quantitative estimate of drug-likeness (QED) is 0.327. The number of phosphoric ester groups is 1. The summed E-state index contributed by atoms with van der Waals surface area (Å²) < 4.78 is 40.9. The predicted octanol–water partition coefficient (Wildman–Crippen LogP) is 5.70. The summed E-state index contributed by atoms with van der Waals surface area (Å²) in [5.74, 6) is 0. The number of hydrogen-bond acceptors (Lipinski definition) is 6. The third-order valence-electron chi connectivity index (χ3n) is 3.71. The van der Waals surface area contributed by atoms with Crippen molar-refractivity contribution >= 4 is 7.82 Å². The Morgan fingerprint density at radius 2 is 0.968 bits per heavy atom. The van der Waals surface area contributed by atoms with E-state index in [0.29, 0.717) is 19.8 Å². The molecule has 1 atom stereocenters. The molecule has 8 heteroatoms. The van der Waals surface area contributed by atoms with Crippen molar-refractivity contribution in [2.24, 2.45) is 21.7 Å². The molecule has 0 spiro atoms. The molecule has 0 saturated heterocycles. The van der Waals surface area contributed by atoms with Crippen molar-refractivity contribution in [2.75, 3.05) is 46.2 Å². The minimum atomic E-state index is -4.21. The van der Waals surface area contributed by atoms with Gasteiger partial charge in [-0.1, -0.05) is 62.3 Å². The summed E-state index contributed by atoms with van der Waals surface area (Å²) in [6, 6.07) is 0. The van der Waals surface area contributed by atoms with E-state index in [1.54, 1.807) is 13.8 Å². The lowest BCUT2D eigenvalue weighted by Crippen LogP contribution is -2.43. The van der Waals surface area contributed by atoms with Crippen molar-refractivity contribution in [2.45, 2.75) is 82.3 Å². The van der Waals surface area contributed by atoms with Crippen LogP contribution in [0.25, 0.3) is 0 Å². The SMILES string of the molecule is CC(C)OP(=O)(O)OCC(COCC(C)(C)C)(COCC(C)(C)C)COCC(C)(C)C. The highest BCUT2D eigenvalue weighted by Crippen LogP contribution is 2.46. The fourth-order valence-electron chi connectivity index (χ4n) is 2.49. The molecule has 0 aromatic rings. The molecule has 1 unspecified atom stereocenters. The monoisotopic (exact) mass is 468 g/mol. The minimum absolute atomic E-state index is 0.0157. The van der Waals surface area contributed by atoms with Crippen LogP contribution in [-0.2, 0) is 27.8 Å². The van der Waals surface area contributed by atoms with Crippen LogP contribution >= 0.6 is 7.82 Å². The average molecular weight is 469 g/mol. The van der Waals surface area contributed by atoms with Crippen LogP contribution in [0.15, 0.2) is 0 Å². The molecule has 0 aliphatic heterocycles. The Kier molecular flexibility index (Phi) is 12.4. The minimum Gasteiger partial charge on any atom is -0.380 e. The Balaban J connectivity index is 5.52. The van der Waals surface area contributed by atoms with Gasteiger partial charge < -0.3 is 19.1 Å². The first-order valence-corrected chi connectivity index (χ1v) is 12.6. The average Bonchev–Trinajstić information content (AvgIpc) is 2.48. The Hall–Kier alpha value is -0.0100. The Morgan fingerprint density at radius 1 is 0.645 bits per heavy atom. The van der Waals surface area contributed by atoms with Crippen molar-refractivity contribution in [3.8, 4) is 0 Å². The van der Waals surface area contributed by atoms with Gasteiger partial charge in [-0.3, -0.25) is 9.05 Å². The van der Waals surface area contributed by atoms with Crippen molar-refractivity contribution < 1.29 is 32.7 Å². The molecule has 0 aromatic carbocycles. The van der Waals surface area contributed by atoms with Crippen LogP contribution in [0.1, 0.15) is 76.2 Å². The fraction of sp³-hybridized carbons (Fsp3) is 1.00. The van der Waals surface area contributed by atoms with E-state index in [4.69, 9.17) is 23.3 Å². The van der Waals surface area contributed by atoms with Gasteiger partial charge in [0, 0.05) is 0 Å². The van der Waals surface area contributed by atoms with Crippen molar-refractivity contribution in [1.29, 1.82) is 0 Å².